The fourth-order valence-corrected chi connectivity index (χ4v) is 2.65. The first kappa shape index (κ1) is 18.3. The molecule has 136 valence electrons. The number of anilines is 2. The number of carbonyl (C=O) groups excluding carboxylic acids is 2. The number of pyridine rings is 1. The number of aliphatic hydroxyl groups excluding tert-OH is 1. The highest BCUT2D eigenvalue weighted by Gasteiger charge is 2.18. The number of benzene rings is 2. The first-order chi connectivity index (χ1) is 13.2. The Kier molecular flexibility index (Phi) is 5.91. The predicted octanol–water partition coefficient (Wildman–Crippen LogP) is 2.71. The van der Waals surface area contributed by atoms with Crippen LogP contribution >= 0.6 is 0 Å². The average molecular weight is 361 g/mol. The minimum Gasteiger partial charge on any atom is -0.387 e. The number of nitrogens with one attached hydrogen (secondary N) is 1. The van der Waals surface area contributed by atoms with Crippen LogP contribution in [0.2, 0.25) is 0 Å². The number of carbonyl (C=O) groups is 2. The Morgan fingerprint density at radius 1 is 0.889 bits per heavy atom. The Morgan fingerprint density at radius 2 is 1.52 bits per heavy atom. The molecule has 0 aliphatic rings. The number of rotatable bonds is 6. The zero-order valence-electron chi connectivity index (χ0n) is 14.6. The molecule has 0 atom stereocenters. The monoisotopic (exact) mass is 361 g/mol. The van der Waals surface area contributed by atoms with E-state index in [9.17, 15) is 14.7 Å². The summed E-state index contributed by atoms with van der Waals surface area (Å²) in [6.07, 6.45) is 3.45. The number of nitrogens with zero attached hydrogens (tertiary/aromatic N) is 2. The molecule has 0 spiro atoms. The van der Waals surface area contributed by atoms with Crippen LogP contribution in [0.4, 0.5) is 11.4 Å². The lowest BCUT2D eigenvalue weighted by molar-refractivity contribution is -0.123. The molecular weight excluding hydrogens is 342 g/mol. The second-order valence-electron chi connectivity index (χ2n) is 5.83. The molecule has 0 radical (unpaired) electrons. The van der Waals surface area contributed by atoms with E-state index in [0.29, 0.717) is 11.4 Å². The van der Waals surface area contributed by atoms with E-state index in [-0.39, 0.29) is 12.5 Å². The fourth-order valence-electron chi connectivity index (χ4n) is 2.65. The summed E-state index contributed by atoms with van der Waals surface area (Å²) in [5.41, 5.74) is 3.23. The third-order valence-electron chi connectivity index (χ3n) is 3.99. The molecule has 0 bridgehead atoms. The number of aliphatic hydroxyl groups is 1. The lowest BCUT2D eigenvalue weighted by atomic mass is 10.1. The number of hydrogen-bond donors (Lipinski definition) is 2. The maximum atomic E-state index is 12.4. The van der Waals surface area contributed by atoms with Crippen molar-refractivity contribution in [2.75, 3.05) is 23.4 Å². The Morgan fingerprint density at radius 3 is 2.15 bits per heavy atom. The highest BCUT2D eigenvalue weighted by Crippen LogP contribution is 2.20. The first-order valence-corrected chi connectivity index (χ1v) is 8.44. The standard InChI is InChI=1S/C21H19N3O3/c25-15-21(27)24(19-4-2-1-3-5-19)14-20(26)23-18-8-6-16(7-9-18)17-10-12-22-13-11-17/h1-13,25H,14-15H2,(H,23,26). The van der Waals surface area contributed by atoms with Gasteiger partial charge in [-0.1, -0.05) is 30.3 Å². The van der Waals surface area contributed by atoms with E-state index in [0.717, 1.165) is 11.1 Å². The molecule has 2 aromatic carbocycles. The van der Waals surface area contributed by atoms with Gasteiger partial charge in [0.1, 0.15) is 13.2 Å². The van der Waals surface area contributed by atoms with Gasteiger partial charge >= 0.3 is 0 Å². The molecule has 6 heteroatoms. The van der Waals surface area contributed by atoms with Gasteiger partial charge in [-0.15, -0.1) is 0 Å². The molecule has 0 aliphatic carbocycles. The number of para-hydroxylation sites is 1. The minimum absolute atomic E-state index is 0.185. The summed E-state index contributed by atoms with van der Waals surface area (Å²) in [6, 6.07) is 20.0. The SMILES string of the molecule is O=C(CN(C(=O)CO)c1ccccc1)Nc1ccc(-c2ccncc2)cc1. The van der Waals surface area contributed by atoms with Gasteiger partial charge in [0.05, 0.1) is 0 Å². The van der Waals surface area contributed by atoms with Crippen molar-refractivity contribution in [2.45, 2.75) is 0 Å². The molecule has 3 aromatic rings. The van der Waals surface area contributed by atoms with Gasteiger partial charge in [-0.3, -0.25) is 14.6 Å². The number of hydrogen-bond acceptors (Lipinski definition) is 4. The van der Waals surface area contributed by atoms with Crippen LogP contribution in [-0.2, 0) is 9.59 Å². The summed E-state index contributed by atoms with van der Waals surface area (Å²) in [5.74, 6) is -0.887. The van der Waals surface area contributed by atoms with Gasteiger partial charge in [-0.05, 0) is 47.5 Å². The van der Waals surface area contributed by atoms with Gasteiger partial charge in [0.2, 0.25) is 5.91 Å². The van der Waals surface area contributed by atoms with Crippen LogP contribution < -0.4 is 10.2 Å². The Hall–Kier alpha value is -3.51. The lowest BCUT2D eigenvalue weighted by Gasteiger charge is -2.21. The second-order valence-corrected chi connectivity index (χ2v) is 5.83. The van der Waals surface area contributed by atoms with E-state index in [1.54, 1.807) is 48.8 Å². The molecule has 3 rings (SSSR count). The zero-order valence-corrected chi connectivity index (χ0v) is 14.6. The maximum absolute atomic E-state index is 12.4. The molecule has 1 aromatic heterocycles. The van der Waals surface area contributed by atoms with Crippen LogP contribution in [0.1, 0.15) is 0 Å². The third kappa shape index (κ3) is 4.77. The molecule has 2 amide bonds. The van der Waals surface area contributed by atoms with Gasteiger partial charge < -0.3 is 15.3 Å². The van der Waals surface area contributed by atoms with Crippen molar-refractivity contribution in [1.82, 2.24) is 4.98 Å². The van der Waals surface area contributed by atoms with Crippen molar-refractivity contribution in [2.24, 2.45) is 0 Å². The van der Waals surface area contributed by atoms with Crippen LogP contribution in [0.3, 0.4) is 0 Å². The topological polar surface area (TPSA) is 82.5 Å². The first-order valence-electron chi connectivity index (χ1n) is 8.44. The molecule has 0 unspecified atom stereocenters. The summed E-state index contributed by atoms with van der Waals surface area (Å²) in [5, 5.41) is 12.0. The van der Waals surface area contributed by atoms with E-state index in [1.807, 2.05) is 30.3 Å². The van der Waals surface area contributed by atoms with Crippen molar-refractivity contribution >= 4 is 23.2 Å². The van der Waals surface area contributed by atoms with Crippen molar-refractivity contribution in [3.05, 3.63) is 79.1 Å². The van der Waals surface area contributed by atoms with Crippen molar-refractivity contribution in [1.29, 1.82) is 0 Å². The third-order valence-corrected chi connectivity index (χ3v) is 3.99. The number of aromatic nitrogens is 1. The quantitative estimate of drug-likeness (QED) is 0.707. The highest BCUT2D eigenvalue weighted by molar-refractivity contribution is 6.03. The summed E-state index contributed by atoms with van der Waals surface area (Å²) in [7, 11) is 0. The highest BCUT2D eigenvalue weighted by atomic mass is 16.3. The van der Waals surface area contributed by atoms with E-state index < -0.39 is 12.5 Å². The molecule has 1 heterocycles. The minimum atomic E-state index is -0.664. The second kappa shape index (κ2) is 8.73. The van der Waals surface area contributed by atoms with Gasteiger partial charge in [0.15, 0.2) is 0 Å². The molecule has 6 nitrogen and oxygen atoms in total. The van der Waals surface area contributed by atoms with Gasteiger partial charge in [-0.25, -0.2) is 0 Å². The molecule has 27 heavy (non-hydrogen) atoms. The molecular formula is C21H19N3O3. The smallest absolute Gasteiger partial charge is 0.253 e. The van der Waals surface area contributed by atoms with Crippen molar-refractivity contribution < 1.29 is 14.7 Å². The van der Waals surface area contributed by atoms with Crippen LogP contribution in [0.25, 0.3) is 11.1 Å². The van der Waals surface area contributed by atoms with E-state index in [1.165, 1.54) is 4.90 Å². The van der Waals surface area contributed by atoms with Crippen LogP contribution in [-0.4, -0.2) is 35.1 Å². The number of amides is 2. The van der Waals surface area contributed by atoms with Gasteiger partial charge in [0.25, 0.3) is 5.91 Å². The molecule has 0 aliphatic heterocycles. The van der Waals surface area contributed by atoms with Crippen molar-refractivity contribution in [3.8, 4) is 11.1 Å². The molecule has 0 saturated heterocycles. The Bertz CT molecular complexity index is 897. The molecule has 0 saturated carbocycles. The Labute approximate surface area is 157 Å². The maximum Gasteiger partial charge on any atom is 0.253 e. The summed E-state index contributed by atoms with van der Waals surface area (Å²) >= 11 is 0. The Balaban J connectivity index is 1.68. The van der Waals surface area contributed by atoms with Crippen LogP contribution in [0.5, 0.6) is 0 Å². The van der Waals surface area contributed by atoms with Crippen LogP contribution in [0, 0.1) is 0 Å². The van der Waals surface area contributed by atoms with Gasteiger partial charge in [-0.2, -0.15) is 0 Å². The molecule has 0 fully saturated rings. The normalized spacial score (nSPS) is 10.3. The lowest BCUT2D eigenvalue weighted by Crippen LogP contribution is -2.39. The van der Waals surface area contributed by atoms with E-state index in [2.05, 4.69) is 10.3 Å². The molecule has 2 N–H and O–H groups in total. The van der Waals surface area contributed by atoms with E-state index >= 15 is 0 Å². The fraction of sp³-hybridized carbons (Fsp3) is 0.0952. The zero-order chi connectivity index (χ0) is 19.1. The van der Waals surface area contributed by atoms with Gasteiger partial charge in [0, 0.05) is 23.8 Å². The largest absolute Gasteiger partial charge is 0.387 e. The van der Waals surface area contributed by atoms with Crippen molar-refractivity contribution in [3.63, 3.8) is 0 Å². The summed E-state index contributed by atoms with van der Waals surface area (Å²) in [4.78, 5) is 29.6. The summed E-state index contributed by atoms with van der Waals surface area (Å²) < 4.78 is 0. The van der Waals surface area contributed by atoms with E-state index in [4.69, 9.17) is 0 Å². The predicted molar refractivity (Wildman–Crippen MR) is 104 cm³/mol. The summed E-state index contributed by atoms with van der Waals surface area (Å²) in [6.45, 7) is -0.849. The van der Waals surface area contributed by atoms with Crippen LogP contribution in [0.15, 0.2) is 79.1 Å². The average Bonchev–Trinajstić information content (AvgIpc) is 2.73.